The molecule has 0 aromatic carbocycles. The van der Waals surface area contributed by atoms with Crippen LogP contribution in [-0.4, -0.2) is 39.5 Å². The maximum absolute atomic E-state index is 12.2. The monoisotopic (exact) mass is 347 g/mol. The molecule has 0 atom stereocenters. The number of sulfonamides is 1. The van der Waals surface area contributed by atoms with E-state index in [1.165, 1.54) is 16.6 Å². The Kier molecular flexibility index (Phi) is 3.68. The van der Waals surface area contributed by atoms with Crippen molar-refractivity contribution >= 4 is 31.2 Å². The van der Waals surface area contributed by atoms with Gasteiger partial charge in [-0.2, -0.15) is 4.31 Å². The molecule has 0 unspecified atom stereocenters. The van der Waals surface area contributed by atoms with Gasteiger partial charge >= 0.3 is 0 Å². The first-order valence-corrected chi connectivity index (χ1v) is 10.2. The van der Waals surface area contributed by atoms with E-state index in [4.69, 9.17) is 4.42 Å². The predicted octanol–water partition coefficient (Wildman–Crippen LogP) is 1.33. The Morgan fingerprint density at radius 2 is 1.95 bits per heavy atom. The highest BCUT2D eigenvalue weighted by Crippen LogP contribution is 2.28. The summed E-state index contributed by atoms with van der Waals surface area (Å²) >= 11 is 1.13. The van der Waals surface area contributed by atoms with Crippen molar-refractivity contribution in [2.45, 2.75) is 15.2 Å². The smallest absolute Gasteiger partial charge is 0.252 e. The van der Waals surface area contributed by atoms with Crippen molar-refractivity contribution in [2.24, 2.45) is 0 Å². The standard InChI is InChI=1S/C12H13NO5S3/c14-20(15,9-10-3-1-5-18-10)11-7-13(8-11)21(16,17)12-4-2-6-19-12/h1-6,11H,7-9H2. The first-order chi connectivity index (χ1) is 9.89. The number of sulfone groups is 1. The molecule has 3 rings (SSSR count). The molecule has 1 aliphatic heterocycles. The Bertz CT molecular complexity index is 800. The van der Waals surface area contributed by atoms with Crippen LogP contribution < -0.4 is 0 Å². The van der Waals surface area contributed by atoms with Crippen molar-refractivity contribution in [3.8, 4) is 0 Å². The second kappa shape index (κ2) is 5.24. The minimum absolute atomic E-state index is 0.00325. The van der Waals surface area contributed by atoms with Crippen molar-refractivity contribution in [1.29, 1.82) is 0 Å². The summed E-state index contributed by atoms with van der Waals surface area (Å²) in [6.45, 7) is 0.00650. The van der Waals surface area contributed by atoms with E-state index >= 15 is 0 Å². The zero-order chi connectivity index (χ0) is 15.1. The fraction of sp³-hybridized carbons (Fsp3) is 0.333. The molecule has 3 heterocycles. The van der Waals surface area contributed by atoms with Gasteiger partial charge in [-0.05, 0) is 23.6 Å². The molecule has 21 heavy (non-hydrogen) atoms. The van der Waals surface area contributed by atoms with Gasteiger partial charge in [0.15, 0.2) is 9.84 Å². The molecular formula is C12H13NO5S3. The summed E-state index contributed by atoms with van der Waals surface area (Å²) in [5.74, 6) is 0.173. The Morgan fingerprint density at radius 3 is 2.52 bits per heavy atom. The van der Waals surface area contributed by atoms with Crippen LogP contribution in [-0.2, 0) is 25.6 Å². The highest BCUT2D eigenvalue weighted by atomic mass is 32.2. The van der Waals surface area contributed by atoms with Crippen LogP contribution in [0.25, 0.3) is 0 Å². The maximum Gasteiger partial charge on any atom is 0.252 e. The molecular weight excluding hydrogens is 334 g/mol. The van der Waals surface area contributed by atoms with Gasteiger partial charge in [-0.25, -0.2) is 16.8 Å². The number of thiophene rings is 1. The molecule has 0 spiro atoms. The highest BCUT2D eigenvalue weighted by molar-refractivity contribution is 7.92. The van der Waals surface area contributed by atoms with Crippen molar-refractivity contribution in [1.82, 2.24) is 4.31 Å². The average Bonchev–Trinajstić information content (AvgIpc) is 2.95. The van der Waals surface area contributed by atoms with Gasteiger partial charge in [0.2, 0.25) is 0 Å². The van der Waals surface area contributed by atoms with Gasteiger partial charge in [-0.3, -0.25) is 0 Å². The van der Waals surface area contributed by atoms with E-state index in [0.29, 0.717) is 5.76 Å². The molecule has 0 radical (unpaired) electrons. The summed E-state index contributed by atoms with van der Waals surface area (Å²) < 4.78 is 55.2. The average molecular weight is 347 g/mol. The molecule has 9 heteroatoms. The first kappa shape index (κ1) is 14.8. The number of rotatable bonds is 5. The molecule has 0 saturated carbocycles. The lowest BCUT2D eigenvalue weighted by atomic mass is 10.3. The van der Waals surface area contributed by atoms with Crippen molar-refractivity contribution in [3.63, 3.8) is 0 Å². The van der Waals surface area contributed by atoms with Crippen LogP contribution in [0.15, 0.2) is 44.5 Å². The second-order valence-electron chi connectivity index (χ2n) is 4.76. The summed E-state index contributed by atoms with van der Waals surface area (Å²) in [6, 6.07) is 6.39. The molecule has 2 aromatic rings. The quantitative estimate of drug-likeness (QED) is 0.814. The molecule has 0 N–H and O–H groups in total. The molecule has 6 nitrogen and oxygen atoms in total. The second-order valence-corrected chi connectivity index (χ2v) is 10.2. The van der Waals surface area contributed by atoms with Crippen LogP contribution in [0.4, 0.5) is 0 Å². The largest absolute Gasteiger partial charge is 0.468 e. The number of furan rings is 1. The molecule has 0 aliphatic carbocycles. The van der Waals surface area contributed by atoms with Crippen molar-refractivity contribution < 1.29 is 21.3 Å². The van der Waals surface area contributed by atoms with Gasteiger partial charge < -0.3 is 4.42 Å². The van der Waals surface area contributed by atoms with Gasteiger partial charge in [-0.15, -0.1) is 11.3 Å². The third-order valence-electron chi connectivity index (χ3n) is 3.34. The molecule has 1 saturated heterocycles. The molecule has 0 bridgehead atoms. The van der Waals surface area contributed by atoms with Crippen LogP contribution in [0.2, 0.25) is 0 Å². The van der Waals surface area contributed by atoms with Gasteiger partial charge in [0.05, 0.1) is 11.5 Å². The Morgan fingerprint density at radius 1 is 1.19 bits per heavy atom. The van der Waals surface area contributed by atoms with E-state index in [2.05, 4.69) is 0 Å². The van der Waals surface area contributed by atoms with Gasteiger partial charge in [-0.1, -0.05) is 6.07 Å². The minimum Gasteiger partial charge on any atom is -0.468 e. The minimum atomic E-state index is -3.55. The zero-order valence-corrected chi connectivity index (χ0v) is 13.3. The predicted molar refractivity (Wildman–Crippen MR) is 78.2 cm³/mol. The highest BCUT2D eigenvalue weighted by Gasteiger charge is 2.44. The summed E-state index contributed by atoms with van der Waals surface area (Å²) in [6.07, 6.45) is 1.42. The van der Waals surface area contributed by atoms with Crippen molar-refractivity contribution in [3.05, 3.63) is 41.7 Å². The fourth-order valence-electron chi connectivity index (χ4n) is 2.07. The van der Waals surface area contributed by atoms with E-state index in [9.17, 15) is 16.8 Å². The van der Waals surface area contributed by atoms with Gasteiger partial charge in [0, 0.05) is 13.1 Å². The topological polar surface area (TPSA) is 84.7 Å². The van der Waals surface area contributed by atoms with E-state index in [-0.39, 0.29) is 23.1 Å². The molecule has 2 aromatic heterocycles. The van der Waals surface area contributed by atoms with Crippen LogP contribution in [0.5, 0.6) is 0 Å². The molecule has 114 valence electrons. The lowest BCUT2D eigenvalue weighted by Gasteiger charge is -2.36. The normalized spacial score (nSPS) is 17.7. The lowest BCUT2D eigenvalue weighted by Crippen LogP contribution is -2.56. The lowest BCUT2D eigenvalue weighted by molar-refractivity contribution is 0.310. The van der Waals surface area contributed by atoms with Crippen LogP contribution in [0, 0.1) is 0 Å². The number of hydrogen-bond acceptors (Lipinski definition) is 6. The van der Waals surface area contributed by atoms with Crippen LogP contribution in [0.3, 0.4) is 0 Å². The Hall–Kier alpha value is -1.16. The number of hydrogen-bond donors (Lipinski definition) is 0. The summed E-state index contributed by atoms with van der Waals surface area (Å²) in [5, 5.41) is 1.01. The van der Waals surface area contributed by atoms with Crippen LogP contribution >= 0.6 is 11.3 Å². The van der Waals surface area contributed by atoms with E-state index in [1.54, 1.807) is 23.6 Å². The van der Waals surface area contributed by atoms with E-state index in [1.807, 2.05) is 0 Å². The van der Waals surface area contributed by atoms with E-state index < -0.39 is 25.1 Å². The third kappa shape index (κ3) is 2.78. The molecule has 1 fully saturated rings. The van der Waals surface area contributed by atoms with Gasteiger partial charge in [0.25, 0.3) is 10.0 Å². The van der Waals surface area contributed by atoms with Crippen molar-refractivity contribution in [2.75, 3.05) is 13.1 Å². The summed E-state index contributed by atoms with van der Waals surface area (Å²) in [5.41, 5.74) is 0. The van der Waals surface area contributed by atoms with Gasteiger partial charge in [0.1, 0.15) is 15.7 Å². The fourth-order valence-corrected chi connectivity index (χ4v) is 6.55. The van der Waals surface area contributed by atoms with Crippen LogP contribution in [0.1, 0.15) is 5.76 Å². The zero-order valence-electron chi connectivity index (χ0n) is 10.9. The first-order valence-electron chi connectivity index (χ1n) is 6.17. The maximum atomic E-state index is 12.2. The van der Waals surface area contributed by atoms with E-state index in [0.717, 1.165) is 11.3 Å². The third-order valence-corrected chi connectivity index (χ3v) is 8.54. The summed E-state index contributed by atoms with van der Waals surface area (Å²) in [7, 11) is -6.96. The Labute approximate surface area is 127 Å². The molecule has 0 amide bonds. The Balaban J connectivity index is 1.68. The number of nitrogens with zero attached hydrogens (tertiary/aromatic N) is 1. The molecule has 1 aliphatic rings. The SMILES string of the molecule is O=S(=O)(Cc1ccco1)C1CN(S(=O)(=O)c2cccs2)C1. The summed E-state index contributed by atoms with van der Waals surface area (Å²) in [4.78, 5) is 0.